The number of likely N-dealkylation sites (N-methyl/N-ethyl adjacent to an activating group) is 1. The molecule has 1 amide bonds. The Labute approximate surface area is 86.7 Å². The minimum atomic E-state index is 0.0442. The summed E-state index contributed by atoms with van der Waals surface area (Å²) in [6.45, 7) is 8.43. The summed E-state index contributed by atoms with van der Waals surface area (Å²) in [5, 5.41) is 0. The molecule has 0 aliphatic rings. The summed E-state index contributed by atoms with van der Waals surface area (Å²) in [5.41, 5.74) is 0. The van der Waals surface area contributed by atoms with Gasteiger partial charge in [0, 0.05) is 13.6 Å². The number of unbranched alkanes of at least 4 members (excludes halogenated alkanes) is 1. The van der Waals surface area contributed by atoms with Gasteiger partial charge in [0.25, 0.3) is 0 Å². The van der Waals surface area contributed by atoms with E-state index in [0.29, 0.717) is 0 Å². The molecule has 0 atom stereocenters. The molecule has 0 unspecified atom stereocenters. The zero-order chi connectivity index (χ0) is 11.0. The lowest BCUT2D eigenvalue weighted by Crippen LogP contribution is -2.32. The molecule has 0 aliphatic heterocycles. The van der Waals surface area contributed by atoms with Crippen molar-refractivity contribution in [3.05, 3.63) is 12.7 Å². The van der Waals surface area contributed by atoms with Gasteiger partial charge in [0.2, 0.25) is 5.91 Å². The molecule has 0 heterocycles. The van der Waals surface area contributed by atoms with E-state index in [2.05, 4.69) is 6.58 Å². The van der Waals surface area contributed by atoms with Gasteiger partial charge in [-0.3, -0.25) is 4.79 Å². The summed E-state index contributed by atoms with van der Waals surface area (Å²) in [7, 11) is 1.80. The number of nitrogens with zero attached hydrogens (tertiary/aromatic N) is 1. The SMILES string of the molecule is C=CCCCN(C)C(=O)COC(C)C. The maximum Gasteiger partial charge on any atom is 0.248 e. The summed E-state index contributed by atoms with van der Waals surface area (Å²) < 4.78 is 5.22. The lowest BCUT2D eigenvalue weighted by Gasteiger charge is -2.17. The zero-order valence-electron chi connectivity index (χ0n) is 9.45. The van der Waals surface area contributed by atoms with E-state index in [1.165, 1.54) is 0 Å². The van der Waals surface area contributed by atoms with Crippen LogP contribution >= 0.6 is 0 Å². The van der Waals surface area contributed by atoms with Crippen LogP contribution in [0.1, 0.15) is 26.7 Å². The fourth-order valence-electron chi connectivity index (χ4n) is 0.946. The van der Waals surface area contributed by atoms with E-state index in [1.807, 2.05) is 19.9 Å². The summed E-state index contributed by atoms with van der Waals surface area (Å²) in [6, 6.07) is 0. The molecule has 0 aromatic heterocycles. The number of carbonyl (C=O) groups excluding carboxylic acids is 1. The smallest absolute Gasteiger partial charge is 0.248 e. The largest absolute Gasteiger partial charge is 0.369 e. The van der Waals surface area contributed by atoms with E-state index in [1.54, 1.807) is 11.9 Å². The Morgan fingerprint density at radius 3 is 2.71 bits per heavy atom. The van der Waals surface area contributed by atoms with E-state index in [0.717, 1.165) is 19.4 Å². The third-order valence-corrected chi connectivity index (χ3v) is 1.87. The van der Waals surface area contributed by atoms with Gasteiger partial charge in [0.15, 0.2) is 0 Å². The van der Waals surface area contributed by atoms with Crippen LogP contribution in [0.2, 0.25) is 0 Å². The predicted molar refractivity (Wildman–Crippen MR) is 58.2 cm³/mol. The van der Waals surface area contributed by atoms with Gasteiger partial charge < -0.3 is 9.64 Å². The van der Waals surface area contributed by atoms with Crippen molar-refractivity contribution < 1.29 is 9.53 Å². The molecule has 0 N–H and O–H groups in total. The van der Waals surface area contributed by atoms with E-state index >= 15 is 0 Å². The average molecular weight is 199 g/mol. The van der Waals surface area contributed by atoms with Crippen molar-refractivity contribution in [3.63, 3.8) is 0 Å². The van der Waals surface area contributed by atoms with Gasteiger partial charge in [0.1, 0.15) is 6.61 Å². The minimum absolute atomic E-state index is 0.0442. The molecule has 14 heavy (non-hydrogen) atoms. The van der Waals surface area contributed by atoms with E-state index in [4.69, 9.17) is 4.74 Å². The third-order valence-electron chi connectivity index (χ3n) is 1.87. The predicted octanol–water partition coefficient (Wildman–Crippen LogP) is 1.84. The average Bonchev–Trinajstić information content (AvgIpc) is 2.14. The van der Waals surface area contributed by atoms with Crippen LogP contribution in [0, 0.1) is 0 Å². The lowest BCUT2D eigenvalue weighted by molar-refractivity contribution is -0.136. The summed E-state index contributed by atoms with van der Waals surface area (Å²) in [4.78, 5) is 13.1. The molecule has 0 radical (unpaired) electrons. The highest BCUT2D eigenvalue weighted by Gasteiger charge is 2.08. The number of carbonyl (C=O) groups is 1. The van der Waals surface area contributed by atoms with Gasteiger partial charge in [0.05, 0.1) is 6.10 Å². The van der Waals surface area contributed by atoms with Crippen molar-refractivity contribution >= 4 is 5.91 Å². The molecular weight excluding hydrogens is 178 g/mol. The van der Waals surface area contributed by atoms with Gasteiger partial charge in [-0.05, 0) is 26.7 Å². The van der Waals surface area contributed by atoms with Crippen molar-refractivity contribution in [2.75, 3.05) is 20.2 Å². The highest BCUT2D eigenvalue weighted by Crippen LogP contribution is 1.96. The van der Waals surface area contributed by atoms with Crippen LogP contribution in [0.15, 0.2) is 12.7 Å². The molecule has 3 heteroatoms. The first-order chi connectivity index (χ1) is 6.57. The summed E-state index contributed by atoms with van der Waals surface area (Å²) in [5.74, 6) is 0.0442. The number of amides is 1. The Hall–Kier alpha value is -0.830. The van der Waals surface area contributed by atoms with E-state index < -0.39 is 0 Å². The second-order valence-corrected chi connectivity index (χ2v) is 3.61. The molecule has 0 aromatic rings. The van der Waals surface area contributed by atoms with Crippen molar-refractivity contribution in [1.82, 2.24) is 4.90 Å². The molecule has 0 aromatic carbocycles. The summed E-state index contributed by atoms with van der Waals surface area (Å²) in [6.07, 6.45) is 3.89. The number of hydrogen-bond donors (Lipinski definition) is 0. The first-order valence-corrected chi connectivity index (χ1v) is 5.04. The third kappa shape index (κ3) is 6.66. The molecule has 3 nitrogen and oxygen atoms in total. The van der Waals surface area contributed by atoms with Crippen molar-refractivity contribution in [2.24, 2.45) is 0 Å². The molecule has 0 bridgehead atoms. The van der Waals surface area contributed by atoms with Crippen LogP contribution in [0.3, 0.4) is 0 Å². The molecular formula is C11H21NO2. The van der Waals surface area contributed by atoms with Crippen LogP contribution in [-0.2, 0) is 9.53 Å². The highest BCUT2D eigenvalue weighted by atomic mass is 16.5. The topological polar surface area (TPSA) is 29.5 Å². The molecule has 0 fully saturated rings. The maximum absolute atomic E-state index is 11.4. The van der Waals surface area contributed by atoms with Gasteiger partial charge in [-0.15, -0.1) is 6.58 Å². The highest BCUT2D eigenvalue weighted by molar-refractivity contribution is 5.77. The number of hydrogen-bond acceptors (Lipinski definition) is 2. The number of rotatable bonds is 7. The molecule has 82 valence electrons. The first kappa shape index (κ1) is 13.2. The van der Waals surface area contributed by atoms with Crippen molar-refractivity contribution in [3.8, 4) is 0 Å². The van der Waals surface area contributed by atoms with Crippen molar-refractivity contribution in [1.29, 1.82) is 0 Å². The Kier molecular flexibility index (Phi) is 7.11. The van der Waals surface area contributed by atoms with Gasteiger partial charge in [-0.25, -0.2) is 0 Å². The Morgan fingerprint density at radius 2 is 2.21 bits per heavy atom. The fraction of sp³-hybridized carbons (Fsp3) is 0.727. The molecule has 0 aliphatic carbocycles. The Morgan fingerprint density at radius 1 is 1.57 bits per heavy atom. The Bertz CT molecular complexity index is 178. The van der Waals surface area contributed by atoms with Gasteiger partial charge in [-0.2, -0.15) is 0 Å². The minimum Gasteiger partial charge on any atom is -0.369 e. The van der Waals surface area contributed by atoms with Crippen LogP contribution in [0.5, 0.6) is 0 Å². The molecule has 0 saturated heterocycles. The van der Waals surface area contributed by atoms with E-state index in [-0.39, 0.29) is 18.6 Å². The first-order valence-electron chi connectivity index (χ1n) is 5.04. The van der Waals surface area contributed by atoms with Crippen molar-refractivity contribution in [2.45, 2.75) is 32.8 Å². The van der Waals surface area contributed by atoms with Crippen LogP contribution < -0.4 is 0 Å². The molecule has 0 spiro atoms. The quantitative estimate of drug-likeness (QED) is 0.462. The lowest BCUT2D eigenvalue weighted by atomic mass is 10.3. The number of allylic oxidation sites excluding steroid dienone is 1. The monoisotopic (exact) mass is 199 g/mol. The normalized spacial score (nSPS) is 10.3. The number of ether oxygens (including phenoxy) is 1. The van der Waals surface area contributed by atoms with Crippen LogP contribution in [0.25, 0.3) is 0 Å². The molecule has 0 saturated carbocycles. The van der Waals surface area contributed by atoms with Gasteiger partial charge in [-0.1, -0.05) is 6.08 Å². The van der Waals surface area contributed by atoms with Crippen LogP contribution in [-0.4, -0.2) is 37.1 Å². The Balaban J connectivity index is 3.59. The fourth-order valence-corrected chi connectivity index (χ4v) is 0.946. The van der Waals surface area contributed by atoms with E-state index in [9.17, 15) is 4.79 Å². The zero-order valence-corrected chi connectivity index (χ0v) is 9.45. The summed E-state index contributed by atoms with van der Waals surface area (Å²) >= 11 is 0. The molecule has 0 rings (SSSR count). The van der Waals surface area contributed by atoms with Crippen LogP contribution in [0.4, 0.5) is 0 Å². The second kappa shape index (κ2) is 7.56. The maximum atomic E-state index is 11.4. The van der Waals surface area contributed by atoms with Gasteiger partial charge >= 0.3 is 0 Å². The standard InChI is InChI=1S/C11H21NO2/c1-5-6-7-8-12(4)11(13)9-14-10(2)3/h5,10H,1,6-9H2,2-4H3. The second-order valence-electron chi connectivity index (χ2n) is 3.61.